The standard InChI is InChI=1S/C16H24N2O3/c1-11-8-14(13-6-4-5-7-15(13)17-11)16(20)18(2)9-12(19)10-21-3/h4-7,11-12,14,17,19H,8-10H2,1-3H3. The van der Waals surface area contributed by atoms with Crippen molar-refractivity contribution in [2.24, 2.45) is 0 Å². The smallest absolute Gasteiger partial charge is 0.230 e. The number of hydrogen-bond acceptors (Lipinski definition) is 4. The first-order valence-electron chi connectivity index (χ1n) is 7.30. The number of benzene rings is 1. The summed E-state index contributed by atoms with van der Waals surface area (Å²) >= 11 is 0. The maximum Gasteiger partial charge on any atom is 0.230 e. The minimum Gasteiger partial charge on any atom is -0.389 e. The Morgan fingerprint density at radius 1 is 1.52 bits per heavy atom. The number of ether oxygens (including phenoxy) is 1. The lowest BCUT2D eigenvalue weighted by molar-refractivity contribution is -0.133. The van der Waals surface area contributed by atoms with Crippen molar-refractivity contribution in [1.29, 1.82) is 0 Å². The largest absolute Gasteiger partial charge is 0.389 e. The van der Waals surface area contributed by atoms with Gasteiger partial charge in [0.1, 0.15) is 0 Å². The van der Waals surface area contributed by atoms with E-state index in [-0.39, 0.29) is 31.0 Å². The quantitative estimate of drug-likeness (QED) is 0.862. The first-order valence-corrected chi connectivity index (χ1v) is 7.30. The van der Waals surface area contributed by atoms with E-state index >= 15 is 0 Å². The third-order valence-electron chi connectivity index (χ3n) is 3.85. The van der Waals surface area contributed by atoms with Crippen LogP contribution in [0.2, 0.25) is 0 Å². The number of fused-ring (bicyclic) bond motifs is 1. The van der Waals surface area contributed by atoms with Gasteiger partial charge in [0, 0.05) is 32.4 Å². The van der Waals surface area contributed by atoms with Crippen LogP contribution in [-0.2, 0) is 9.53 Å². The van der Waals surface area contributed by atoms with Crippen LogP contribution in [0.3, 0.4) is 0 Å². The number of nitrogens with zero attached hydrogens (tertiary/aromatic N) is 1. The molecule has 0 radical (unpaired) electrons. The van der Waals surface area contributed by atoms with E-state index in [0.717, 1.165) is 17.7 Å². The van der Waals surface area contributed by atoms with E-state index in [2.05, 4.69) is 12.2 Å². The van der Waals surface area contributed by atoms with Crippen LogP contribution in [0.15, 0.2) is 24.3 Å². The molecular formula is C16H24N2O3. The van der Waals surface area contributed by atoms with Gasteiger partial charge < -0.3 is 20.1 Å². The molecule has 21 heavy (non-hydrogen) atoms. The number of anilines is 1. The number of hydrogen-bond donors (Lipinski definition) is 2. The molecule has 5 nitrogen and oxygen atoms in total. The van der Waals surface area contributed by atoms with Crippen LogP contribution in [0.5, 0.6) is 0 Å². The highest BCUT2D eigenvalue weighted by Crippen LogP contribution is 2.35. The third kappa shape index (κ3) is 3.74. The second-order valence-electron chi connectivity index (χ2n) is 5.75. The van der Waals surface area contributed by atoms with E-state index in [1.54, 1.807) is 11.9 Å². The number of amides is 1. The Kier molecular flexibility index (Phi) is 5.20. The summed E-state index contributed by atoms with van der Waals surface area (Å²) in [5.74, 6) is -0.108. The molecule has 2 rings (SSSR count). The molecule has 0 bridgehead atoms. The highest BCUT2D eigenvalue weighted by molar-refractivity contribution is 5.86. The van der Waals surface area contributed by atoms with E-state index in [1.165, 1.54) is 7.11 Å². The first-order chi connectivity index (χ1) is 10.0. The van der Waals surface area contributed by atoms with Crippen LogP contribution in [0.1, 0.15) is 24.8 Å². The van der Waals surface area contributed by atoms with Gasteiger partial charge in [-0.15, -0.1) is 0 Å². The first kappa shape index (κ1) is 15.8. The summed E-state index contributed by atoms with van der Waals surface area (Å²) in [7, 11) is 3.27. The van der Waals surface area contributed by atoms with Gasteiger partial charge in [-0.3, -0.25) is 4.79 Å². The topological polar surface area (TPSA) is 61.8 Å². The highest BCUT2D eigenvalue weighted by Gasteiger charge is 2.31. The second-order valence-corrected chi connectivity index (χ2v) is 5.75. The Morgan fingerprint density at radius 3 is 2.95 bits per heavy atom. The molecule has 5 heteroatoms. The maximum atomic E-state index is 12.7. The van der Waals surface area contributed by atoms with E-state index in [9.17, 15) is 9.90 Å². The van der Waals surface area contributed by atoms with E-state index in [1.807, 2.05) is 24.3 Å². The van der Waals surface area contributed by atoms with Crippen LogP contribution in [0, 0.1) is 0 Å². The van der Waals surface area contributed by atoms with E-state index < -0.39 is 6.10 Å². The predicted octanol–water partition coefficient (Wildman–Crippen LogP) is 1.44. The van der Waals surface area contributed by atoms with Crippen molar-refractivity contribution in [3.05, 3.63) is 29.8 Å². The van der Waals surface area contributed by atoms with Crippen molar-refractivity contribution in [1.82, 2.24) is 4.90 Å². The van der Waals surface area contributed by atoms with E-state index in [0.29, 0.717) is 0 Å². The minimum atomic E-state index is -0.654. The summed E-state index contributed by atoms with van der Waals surface area (Å²) in [5, 5.41) is 13.2. The number of para-hydroxylation sites is 1. The summed E-state index contributed by atoms with van der Waals surface area (Å²) in [5.41, 5.74) is 2.06. The van der Waals surface area contributed by atoms with Crippen molar-refractivity contribution in [2.75, 3.05) is 32.6 Å². The summed E-state index contributed by atoms with van der Waals surface area (Å²) in [6.45, 7) is 2.60. The number of carbonyl (C=O) groups excluding carboxylic acids is 1. The Morgan fingerprint density at radius 2 is 2.24 bits per heavy atom. The molecule has 3 unspecified atom stereocenters. The molecule has 0 aliphatic carbocycles. The molecule has 0 spiro atoms. The Bertz CT molecular complexity index is 492. The monoisotopic (exact) mass is 292 g/mol. The lowest BCUT2D eigenvalue weighted by atomic mass is 9.86. The highest BCUT2D eigenvalue weighted by atomic mass is 16.5. The van der Waals surface area contributed by atoms with Crippen LogP contribution in [-0.4, -0.2) is 55.4 Å². The van der Waals surface area contributed by atoms with Gasteiger partial charge in [0.2, 0.25) is 5.91 Å². The fourth-order valence-electron chi connectivity index (χ4n) is 2.89. The van der Waals surface area contributed by atoms with Gasteiger partial charge in [0.15, 0.2) is 0 Å². The van der Waals surface area contributed by atoms with Gasteiger partial charge in [0.25, 0.3) is 0 Å². The Labute approximate surface area is 125 Å². The fraction of sp³-hybridized carbons (Fsp3) is 0.562. The zero-order valence-corrected chi connectivity index (χ0v) is 12.9. The Hall–Kier alpha value is -1.59. The van der Waals surface area contributed by atoms with Crippen molar-refractivity contribution in [3.63, 3.8) is 0 Å². The number of likely N-dealkylation sites (N-methyl/N-ethyl adjacent to an activating group) is 1. The number of aliphatic hydroxyl groups excluding tert-OH is 1. The second kappa shape index (κ2) is 6.91. The molecule has 1 aromatic rings. The molecule has 1 aliphatic heterocycles. The molecule has 0 saturated carbocycles. The van der Waals surface area contributed by atoms with Crippen molar-refractivity contribution < 1.29 is 14.6 Å². The molecular weight excluding hydrogens is 268 g/mol. The number of methoxy groups -OCH3 is 1. The lowest BCUT2D eigenvalue weighted by Gasteiger charge is -2.33. The number of aliphatic hydroxyl groups is 1. The molecule has 0 aromatic heterocycles. The summed E-state index contributed by atoms with van der Waals surface area (Å²) in [6.07, 6.45) is 0.110. The number of nitrogens with one attached hydrogen (secondary N) is 1. The molecule has 1 aliphatic rings. The molecule has 2 N–H and O–H groups in total. The third-order valence-corrected chi connectivity index (χ3v) is 3.85. The summed E-state index contributed by atoms with van der Waals surface area (Å²) < 4.78 is 4.91. The lowest BCUT2D eigenvalue weighted by Crippen LogP contribution is -2.41. The predicted molar refractivity (Wildman–Crippen MR) is 82.4 cm³/mol. The molecule has 116 valence electrons. The van der Waals surface area contributed by atoms with Crippen molar-refractivity contribution >= 4 is 11.6 Å². The number of carbonyl (C=O) groups is 1. The van der Waals surface area contributed by atoms with Crippen molar-refractivity contribution in [2.45, 2.75) is 31.4 Å². The van der Waals surface area contributed by atoms with Gasteiger partial charge in [-0.1, -0.05) is 18.2 Å². The molecule has 0 fully saturated rings. The SMILES string of the molecule is COCC(O)CN(C)C(=O)C1CC(C)Nc2ccccc21. The van der Waals surface area contributed by atoms with Gasteiger partial charge in [-0.25, -0.2) is 0 Å². The maximum absolute atomic E-state index is 12.7. The van der Waals surface area contributed by atoms with Crippen LogP contribution >= 0.6 is 0 Å². The minimum absolute atomic E-state index is 0.0472. The molecule has 0 saturated heterocycles. The zero-order chi connectivity index (χ0) is 15.4. The Balaban J connectivity index is 2.12. The van der Waals surface area contributed by atoms with Crippen LogP contribution in [0.4, 0.5) is 5.69 Å². The van der Waals surface area contributed by atoms with Gasteiger partial charge in [-0.05, 0) is 25.0 Å². The number of rotatable bonds is 5. The normalized spacial score (nSPS) is 22.1. The molecule has 3 atom stereocenters. The fourth-order valence-corrected chi connectivity index (χ4v) is 2.89. The molecule has 1 amide bonds. The molecule has 1 aromatic carbocycles. The van der Waals surface area contributed by atoms with Gasteiger partial charge in [-0.2, -0.15) is 0 Å². The zero-order valence-electron chi connectivity index (χ0n) is 12.9. The van der Waals surface area contributed by atoms with Gasteiger partial charge in [0.05, 0.1) is 18.6 Å². The summed E-state index contributed by atoms with van der Waals surface area (Å²) in [4.78, 5) is 14.3. The van der Waals surface area contributed by atoms with Crippen LogP contribution < -0.4 is 5.32 Å². The van der Waals surface area contributed by atoms with Crippen molar-refractivity contribution in [3.8, 4) is 0 Å². The molecule has 1 heterocycles. The van der Waals surface area contributed by atoms with E-state index in [4.69, 9.17) is 4.74 Å². The van der Waals surface area contributed by atoms with Crippen LogP contribution in [0.25, 0.3) is 0 Å². The average Bonchev–Trinajstić information content (AvgIpc) is 2.45. The van der Waals surface area contributed by atoms with Gasteiger partial charge >= 0.3 is 0 Å². The average molecular weight is 292 g/mol. The summed E-state index contributed by atoms with van der Waals surface area (Å²) in [6, 6.07) is 8.18.